The van der Waals surface area contributed by atoms with E-state index in [0.29, 0.717) is 51.9 Å². The Bertz CT molecular complexity index is 412. The SMILES string of the molecule is NC(=O)C1CCN(C(=O)C2CCN(CC(F)(F)F)CC2)CC1. The van der Waals surface area contributed by atoms with E-state index in [0.717, 1.165) is 0 Å². The van der Waals surface area contributed by atoms with E-state index >= 15 is 0 Å². The molecule has 2 aliphatic heterocycles. The molecule has 0 aromatic heterocycles. The highest BCUT2D eigenvalue weighted by Gasteiger charge is 2.35. The number of piperidine rings is 2. The predicted octanol–water partition coefficient (Wildman–Crippen LogP) is 0.985. The summed E-state index contributed by atoms with van der Waals surface area (Å²) in [5.74, 6) is -0.686. The molecule has 0 spiro atoms. The maximum atomic E-state index is 12.4. The van der Waals surface area contributed by atoms with Gasteiger partial charge in [0.05, 0.1) is 6.54 Å². The summed E-state index contributed by atoms with van der Waals surface area (Å²) in [6.07, 6.45) is -2.11. The standard InChI is InChI=1S/C14H22F3N3O2/c15-14(16,17)9-19-5-1-11(2-6-19)13(22)20-7-3-10(4-8-20)12(18)21/h10-11H,1-9H2,(H2,18,21). The molecular weight excluding hydrogens is 299 g/mol. The number of nitrogens with zero attached hydrogens (tertiary/aromatic N) is 2. The van der Waals surface area contributed by atoms with Crippen LogP contribution in [0.2, 0.25) is 0 Å². The molecule has 0 bridgehead atoms. The highest BCUT2D eigenvalue weighted by molar-refractivity contribution is 5.80. The smallest absolute Gasteiger partial charge is 0.369 e. The Morgan fingerprint density at radius 2 is 1.45 bits per heavy atom. The van der Waals surface area contributed by atoms with E-state index in [4.69, 9.17) is 5.73 Å². The first kappa shape index (κ1) is 17.1. The number of hydrogen-bond donors (Lipinski definition) is 1. The number of carbonyl (C=O) groups is 2. The topological polar surface area (TPSA) is 66.6 Å². The summed E-state index contributed by atoms with van der Waals surface area (Å²) >= 11 is 0. The minimum atomic E-state index is -4.19. The third-order valence-corrected chi connectivity index (χ3v) is 4.55. The lowest BCUT2D eigenvalue weighted by atomic mass is 9.92. The van der Waals surface area contributed by atoms with Crippen molar-refractivity contribution in [2.45, 2.75) is 31.9 Å². The summed E-state index contributed by atoms with van der Waals surface area (Å²) in [5.41, 5.74) is 5.26. The van der Waals surface area contributed by atoms with Gasteiger partial charge in [-0.1, -0.05) is 0 Å². The molecule has 8 heteroatoms. The maximum Gasteiger partial charge on any atom is 0.401 e. The van der Waals surface area contributed by atoms with Crippen molar-refractivity contribution in [2.24, 2.45) is 17.6 Å². The van der Waals surface area contributed by atoms with Crippen LogP contribution in [0.1, 0.15) is 25.7 Å². The molecule has 0 unspecified atom stereocenters. The number of nitrogens with two attached hydrogens (primary N) is 1. The Kier molecular flexibility index (Phi) is 5.31. The van der Waals surface area contributed by atoms with Crippen molar-refractivity contribution in [1.29, 1.82) is 0 Å². The van der Waals surface area contributed by atoms with Gasteiger partial charge < -0.3 is 10.6 Å². The van der Waals surface area contributed by atoms with E-state index in [9.17, 15) is 22.8 Å². The van der Waals surface area contributed by atoms with Crippen molar-refractivity contribution >= 4 is 11.8 Å². The van der Waals surface area contributed by atoms with Crippen LogP contribution < -0.4 is 5.73 Å². The largest absolute Gasteiger partial charge is 0.401 e. The first-order valence-electron chi connectivity index (χ1n) is 7.63. The van der Waals surface area contributed by atoms with E-state index in [1.807, 2.05) is 0 Å². The lowest BCUT2D eigenvalue weighted by Crippen LogP contribution is -2.47. The molecule has 0 radical (unpaired) electrons. The lowest BCUT2D eigenvalue weighted by Gasteiger charge is -2.36. The van der Waals surface area contributed by atoms with Crippen LogP contribution in [0.5, 0.6) is 0 Å². The predicted molar refractivity (Wildman–Crippen MR) is 73.7 cm³/mol. The molecule has 2 fully saturated rings. The number of carbonyl (C=O) groups excluding carboxylic acids is 2. The second-order valence-electron chi connectivity index (χ2n) is 6.17. The monoisotopic (exact) mass is 321 g/mol. The van der Waals surface area contributed by atoms with Crippen LogP contribution in [0.3, 0.4) is 0 Å². The van der Waals surface area contributed by atoms with Crippen LogP contribution >= 0.6 is 0 Å². The van der Waals surface area contributed by atoms with Crippen LogP contribution in [0.4, 0.5) is 13.2 Å². The molecule has 0 aromatic carbocycles. The molecule has 0 saturated carbocycles. The van der Waals surface area contributed by atoms with E-state index in [2.05, 4.69) is 0 Å². The number of halogens is 3. The highest BCUT2D eigenvalue weighted by atomic mass is 19.4. The van der Waals surface area contributed by atoms with Crippen molar-refractivity contribution < 1.29 is 22.8 Å². The molecule has 2 heterocycles. The quantitative estimate of drug-likeness (QED) is 0.843. The van der Waals surface area contributed by atoms with Crippen molar-refractivity contribution in [3.05, 3.63) is 0 Å². The minimum absolute atomic E-state index is 0.00887. The molecule has 2 rings (SSSR count). The van der Waals surface area contributed by atoms with Gasteiger partial charge in [-0.15, -0.1) is 0 Å². The zero-order chi connectivity index (χ0) is 16.3. The van der Waals surface area contributed by atoms with Crippen molar-refractivity contribution in [3.8, 4) is 0 Å². The van der Waals surface area contributed by atoms with Crippen LogP contribution in [0.25, 0.3) is 0 Å². The number of hydrogen-bond acceptors (Lipinski definition) is 3. The minimum Gasteiger partial charge on any atom is -0.369 e. The van der Waals surface area contributed by atoms with Crippen LogP contribution in [-0.2, 0) is 9.59 Å². The van der Waals surface area contributed by atoms with Crippen LogP contribution in [0.15, 0.2) is 0 Å². The van der Waals surface area contributed by atoms with Gasteiger partial charge in [0.15, 0.2) is 0 Å². The van der Waals surface area contributed by atoms with Crippen LogP contribution in [0, 0.1) is 11.8 Å². The number of primary amides is 1. The van der Waals surface area contributed by atoms with E-state index in [-0.39, 0.29) is 23.7 Å². The Balaban J connectivity index is 1.77. The van der Waals surface area contributed by atoms with Gasteiger partial charge in [-0.3, -0.25) is 14.5 Å². The zero-order valence-electron chi connectivity index (χ0n) is 12.4. The van der Waals surface area contributed by atoms with Gasteiger partial charge in [-0.05, 0) is 38.8 Å². The molecule has 2 saturated heterocycles. The fourth-order valence-electron chi connectivity index (χ4n) is 3.23. The highest BCUT2D eigenvalue weighted by Crippen LogP contribution is 2.25. The molecule has 2 aliphatic rings. The average molecular weight is 321 g/mol. The molecule has 2 N–H and O–H groups in total. The fraction of sp³-hybridized carbons (Fsp3) is 0.857. The molecule has 22 heavy (non-hydrogen) atoms. The van der Waals surface area contributed by atoms with Crippen molar-refractivity contribution in [3.63, 3.8) is 0 Å². The first-order chi connectivity index (χ1) is 10.3. The first-order valence-corrected chi connectivity index (χ1v) is 7.63. The second-order valence-corrected chi connectivity index (χ2v) is 6.17. The summed E-state index contributed by atoms with van der Waals surface area (Å²) in [7, 11) is 0. The van der Waals surface area contributed by atoms with Crippen molar-refractivity contribution in [1.82, 2.24) is 9.80 Å². The third-order valence-electron chi connectivity index (χ3n) is 4.55. The van der Waals surface area contributed by atoms with Gasteiger partial charge in [-0.25, -0.2) is 0 Å². The van der Waals surface area contributed by atoms with E-state index < -0.39 is 12.7 Å². The van der Waals surface area contributed by atoms with Crippen LogP contribution in [-0.4, -0.2) is 60.5 Å². The van der Waals surface area contributed by atoms with Crippen molar-refractivity contribution in [2.75, 3.05) is 32.7 Å². The molecule has 0 atom stereocenters. The summed E-state index contributed by atoms with van der Waals surface area (Å²) < 4.78 is 37.0. The van der Waals surface area contributed by atoms with Gasteiger partial charge in [0.25, 0.3) is 0 Å². The van der Waals surface area contributed by atoms with E-state index in [1.54, 1.807) is 4.90 Å². The maximum absolute atomic E-state index is 12.4. The van der Waals surface area contributed by atoms with Gasteiger partial charge in [-0.2, -0.15) is 13.2 Å². The molecule has 0 aromatic rings. The summed E-state index contributed by atoms with van der Waals surface area (Å²) in [5, 5.41) is 0. The third kappa shape index (κ3) is 4.59. The molecule has 126 valence electrons. The Morgan fingerprint density at radius 1 is 0.955 bits per heavy atom. The molecule has 5 nitrogen and oxygen atoms in total. The molecule has 0 aliphatic carbocycles. The Morgan fingerprint density at radius 3 is 1.91 bits per heavy atom. The number of rotatable bonds is 3. The molecular formula is C14H22F3N3O2. The number of amides is 2. The number of likely N-dealkylation sites (tertiary alicyclic amines) is 2. The zero-order valence-corrected chi connectivity index (χ0v) is 12.4. The van der Waals surface area contributed by atoms with Gasteiger partial charge in [0.1, 0.15) is 0 Å². The normalized spacial score (nSPS) is 22.8. The summed E-state index contributed by atoms with van der Waals surface area (Å²) in [4.78, 5) is 26.6. The summed E-state index contributed by atoms with van der Waals surface area (Å²) in [6, 6.07) is 0. The van der Waals surface area contributed by atoms with Gasteiger partial charge >= 0.3 is 6.18 Å². The second kappa shape index (κ2) is 6.85. The lowest BCUT2D eigenvalue weighted by molar-refractivity contribution is -0.151. The average Bonchev–Trinajstić information content (AvgIpc) is 2.46. The fourth-order valence-corrected chi connectivity index (χ4v) is 3.23. The van der Waals surface area contributed by atoms with Gasteiger partial charge in [0.2, 0.25) is 11.8 Å². The Hall–Kier alpha value is -1.31. The Labute approximate surface area is 127 Å². The molecule has 2 amide bonds. The van der Waals surface area contributed by atoms with Gasteiger partial charge in [0, 0.05) is 24.9 Å². The number of alkyl halides is 3. The van der Waals surface area contributed by atoms with E-state index in [1.165, 1.54) is 4.90 Å². The summed E-state index contributed by atoms with van der Waals surface area (Å²) in [6.45, 7) is 0.712.